The highest BCUT2D eigenvalue weighted by Crippen LogP contribution is 2.57. The lowest BCUT2D eigenvalue weighted by atomic mass is 9.77. The molecule has 3 saturated heterocycles. The molecule has 4 aliphatic heterocycles. The zero-order valence-electron chi connectivity index (χ0n) is 37.2. The molecular formula is C48H64N4O10S. The number of ketones is 1. The first kappa shape index (κ1) is 44.1. The molecule has 6 fully saturated rings. The second-order valence-electron chi connectivity index (χ2n) is 21.0. The molecule has 7 aliphatic rings. The van der Waals surface area contributed by atoms with Crippen molar-refractivity contribution in [2.75, 3.05) is 32.8 Å². The Bertz CT molecular complexity index is 2250. The number of pyridine rings is 1. The van der Waals surface area contributed by atoms with Gasteiger partial charge in [0.15, 0.2) is 5.78 Å². The number of allylic oxidation sites excluding steroid dienone is 1. The third kappa shape index (κ3) is 8.74. The van der Waals surface area contributed by atoms with E-state index in [1.165, 1.54) is 4.90 Å². The van der Waals surface area contributed by atoms with Gasteiger partial charge in [0.1, 0.15) is 24.1 Å². The van der Waals surface area contributed by atoms with E-state index < -0.39 is 61.5 Å². The van der Waals surface area contributed by atoms with Crippen molar-refractivity contribution in [2.45, 2.75) is 134 Å². The Hall–Kier alpha value is -4.08. The minimum Gasteiger partial charge on any atom is -0.488 e. The van der Waals surface area contributed by atoms with E-state index in [0.717, 1.165) is 61.9 Å². The van der Waals surface area contributed by atoms with Crippen molar-refractivity contribution < 1.29 is 46.5 Å². The number of carbonyl (C=O) groups excluding carboxylic acids is 4. The molecule has 2 amide bonds. The Kier molecular flexibility index (Phi) is 11.7. The summed E-state index contributed by atoms with van der Waals surface area (Å²) in [5, 5.41) is 4.44. The number of sulfonamides is 1. The standard InChI is InChI=1S/C48H64N4O10S/c1-6-31-21-48(31,45(56)51-63(57,58)47(5)16-17-47)22-38(53)37-19-32-25-52(37)44(55)35(46(2,3)4)20-40(54)61-39-18-28(39)12-8-7-9-14-34-42(33-13-10-11-15-36(33)50-43(34)60-32)62-41-29-23-49-24-30(41)27-59-26-29/h6,10-11,13,15,28-32,35,37,39,41,49H,1,7-9,12,14,16-27H2,2-5H3,(H,51,56)/t28-,29?,30?,31-,32-,35-,37+,39-,41?,48?/m1/s1. The molecule has 9 atom stereocenters. The summed E-state index contributed by atoms with van der Waals surface area (Å²) in [6.45, 7) is 14.1. The summed E-state index contributed by atoms with van der Waals surface area (Å²) in [5.74, 6) is -1.33. The quantitative estimate of drug-likeness (QED) is 0.241. The van der Waals surface area contributed by atoms with Gasteiger partial charge in [0, 0.05) is 43.2 Å². The van der Waals surface area contributed by atoms with E-state index in [9.17, 15) is 22.8 Å². The van der Waals surface area contributed by atoms with Gasteiger partial charge in [-0.3, -0.25) is 23.9 Å². The number of nitrogens with one attached hydrogen (secondary N) is 2. The molecule has 0 spiro atoms. The smallest absolute Gasteiger partial charge is 0.306 e. The number of ether oxygens (including phenoxy) is 4. The van der Waals surface area contributed by atoms with Gasteiger partial charge in [-0.05, 0) is 81.3 Å². The van der Waals surface area contributed by atoms with Crippen LogP contribution in [0.25, 0.3) is 10.9 Å². The van der Waals surface area contributed by atoms with Crippen molar-refractivity contribution >= 4 is 44.5 Å². The number of benzene rings is 1. The number of aromatic nitrogens is 1. The topological polar surface area (TPSA) is 180 Å². The van der Waals surface area contributed by atoms with Gasteiger partial charge in [-0.1, -0.05) is 51.8 Å². The van der Waals surface area contributed by atoms with Crippen molar-refractivity contribution in [2.24, 2.45) is 40.4 Å². The minimum atomic E-state index is -3.97. The number of carbonyl (C=O) groups is 4. The van der Waals surface area contributed by atoms with Gasteiger partial charge in [0.05, 0.1) is 59.4 Å². The van der Waals surface area contributed by atoms with Crippen LogP contribution in [0, 0.1) is 40.4 Å². The predicted octanol–water partition coefficient (Wildman–Crippen LogP) is 5.45. The van der Waals surface area contributed by atoms with Crippen LogP contribution in [-0.4, -0.2) is 104 Å². The Labute approximate surface area is 371 Å². The fourth-order valence-corrected chi connectivity index (χ4v) is 12.0. The number of hydrogen-bond donors (Lipinski definition) is 2. The molecule has 15 heteroatoms. The normalized spacial score (nSPS) is 34.2. The highest BCUT2D eigenvalue weighted by atomic mass is 32.2. The summed E-state index contributed by atoms with van der Waals surface area (Å²) >= 11 is 0. The second kappa shape index (κ2) is 16.7. The van der Waals surface area contributed by atoms with Crippen LogP contribution in [-0.2, 0) is 45.1 Å². The van der Waals surface area contributed by atoms with E-state index in [1.807, 2.05) is 45.0 Å². The predicted molar refractivity (Wildman–Crippen MR) is 234 cm³/mol. The number of nitrogens with zero attached hydrogens (tertiary/aromatic N) is 2. The van der Waals surface area contributed by atoms with Crippen molar-refractivity contribution in [1.29, 1.82) is 0 Å². The highest BCUT2D eigenvalue weighted by Gasteiger charge is 2.63. The van der Waals surface area contributed by atoms with Crippen LogP contribution in [0.15, 0.2) is 36.9 Å². The number of piperidine rings is 1. The van der Waals surface area contributed by atoms with Gasteiger partial charge in [0.2, 0.25) is 27.7 Å². The monoisotopic (exact) mass is 888 g/mol. The zero-order valence-corrected chi connectivity index (χ0v) is 38.0. The number of Topliss-reactive ketones (excluding diaryl/α,β-unsaturated/α-hetero) is 1. The van der Waals surface area contributed by atoms with Crippen LogP contribution >= 0.6 is 0 Å². The summed E-state index contributed by atoms with van der Waals surface area (Å²) < 4.78 is 53.8. The fourth-order valence-electron chi connectivity index (χ4n) is 10.6. The number of hydrogen-bond acceptors (Lipinski definition) is 12. The van der Waals surface area contributed by atoms with E-state index in [4.69, 9.17) is 23.9 Å². The highest BCUT2D eigenvalue weighted by molar-refractivity contribution is 7.91. The number of rotatable bonds is 9. The zero-order chi connectivity index (χ0) is 44.5. The summed E-state index contributed by atoms with van der Waals surface area (Å²) in [7, 11) is -3.97. The first-order chi connectivity index (χ1) is 30.0. The molecule has 3 saturated carbocycles. The summed E-state index contributed by atoms with van der Waals surface area (Å²) in [5.41, 5.74) is -0.426. The van der Waals surface area contributed by atoms with Crippen LogP contribution in [0.1, 0.15) is 104 Å². The summed E-state index contributed by atoms with van der Waals surface area (Å²) in [6, 6.07) is 6.90. The molecule has 3 aliphatic carbocycles. The molecule has 3 unspecified atom stereocenters. The van der Waals surface area contributed by atoms with Crippen LogP contribution in [0.5, 0.6) is 11.6 Å². The molecule has 2 N–H and O–H groups in total. The molecule has 0 radical (unpaired) electrons. The Balaban J connectivity index is 1.07. The number of fused-ring (bicyclic) bond motifs is 7. The Morgan fingerprint density at radius 3 is 2.49 bits per heavy atom. The number of amides is 2. The largest absolute Gasteiger partial charge is 0.488 e. The molecule has 63 heavy (non-hydrogen) atoms. The van der Waals surface area contributed by atoms with Gasteiger partial charge in [-0.25, -0.2) is 13.4 Å². The van der Waals surface area contributed by atoms with E-state index in [2.05, 4.69) is 16.6 Å². The molecule has 1 aromatic heterocycles. The summed E-state index contributed by atoms with van der Waals surface area (Å²) in [4.78, 5) is 64.0. The van der Waals surface area contributed by atoms with Crippen LogP contribution in [0.3, 0.4) is 0 Å². The average molecular weight is 889 g/mol. The first-order valence-electron chi connectivity index (χ1n) is 23.3. The third-order valence-electron chi connectivity index (χ3n) is 15.3. The number of para-hydroxylation sites is 1. The van der Waals surface area contributed by atoms with Crippen molar-refractivity contribution in [3.63, 3.8) is 0 Å². The first-order valence-corrected chi connectivity index (χ1v) is 24.7. The fraction of sp³-hybridized carbons (Fsp3) is 0.688. The van der Waals surface area contributed by atoms with E-state index in [0.29, 0.717) is 43.9 Å². The molecule has 342 valence electrons. The third-order valence-corrected chi connectivity index (χ3v) is 17.5. The van der Waals surface area contributed by atoms with E-state index in [1.54, 1.807) is 13.0 Å². The molecular weight excluding hydrogens is 825 g/mol. The maximum atomic E-state index is 15.0. The maximum Gasteiger partial charge on any atom is 0.306 e. The Morgan fingerprint density at radius 1 is 1.05 bits per heavy atom. The molecule has 9 rings (SSSR count). The SMILES string of the molecule is C=C[C@@H]1CC1(CC(=O)[C@@H]1C[C@@H]2CN1C(=O)[C@H](C(C)(C)C)CC(=O)O[C@@H]1C[C@H]1CCCCCc1c(nc3ccccc3c1OC1C3CNCC1COC3)O2)C(=O)NS(=O)(=O)C1(C)CC1. The van der Waals surface area contributed by atoms with Crippen LogP contribution in [0.2, 0.25) is 0 Å². The Morgan fingerprint density at radius 2 is 1.79 bits per heavy atom. The maximum absolute atomic E-state index is 15.0. The minimum absolute atomic E-state index is 0.0400. The van der Waals surface area contributed by atoms with Crippen LogP contribution in [0.4, 0.5) is 0 Å². The van der Waals surface area contributed by atoms with Gasteiger partial charge < -0.3 is 29.2 Å². The lowest BCUT2D eigenvalue weighted by Gasteiger charge is -2.42. The second-order valence-corrected chi connectivity index (χ2v) is 23.2. The van der Waals surface area contributed by atoms with Crippen molar-refractivity contribution in [3.8, 4) is 11.6 Å². The van der Waals surface area contributed by atoms with Crippen molar-refractivity contribution in [3.05, 3.63) is 42.5 Å². The lowest BCUT2D eigenvalue weighted by molar-refractivity contribution is -0.154. The van der Waals surface area contributed by atoms with Gasteiger partial charge in [-0.15, -0.1) is 6.58 Å². The van der Waals surface area contributed by atoms with Crippen LogP contribution < -0.4 is 19.5 Å². The van der Waals surface area contributed by atoms with E-state index >= 15 is 4.79 Å². The lowest BCUT2D eigenvalue weighted by Crippen LogP contribution is -2.56. The molecule has 14 nitrogen and oxygen atoms in total. The van der Waals surface area contributed by atoms with E-state index in [-0.39, 0.29) is 73.9 Å². The summed E-state index contributed by atoms with van der Waals surface area (Å²) in [6.07, 6.45) is 6.69. The molecule has 4 bridgehead atoms. The molecule has 5 heterocycles. The molecule has 2 aromatic rings. The average Bonchev–Trinajstić information content (AvgIpc) is 4.19. The van der Waals surface area contributed by atoms with Crippen molar-refractivity contribution in [1.82, 2.24) is 19.9 Å². The molecule has 1 aromatic carbocycles. The van der Waals surface area contributed by atoms with Gasteiger partial charge >= 0.3 is 5.97 Å². The van der Waals surface area contributed by atoms with Gasteiger partial charge in [-0.2, -0.15) is 0 Å². The number of esters is 1. The van der Waals surface area contributed by atoms with Gasteiger partial charge in [0.25, 0.3) is 0 Å².